The van der Waals surface area contributed by atoms with Gasteiger partial charge in [0.2, 0.25) is 5.91 Å². The molecule has 1 aliphatic heterocycles. The third-order valence-electron chi connectivity index (χ3n) is 3.30. The van der Waals surface area contributed by atoms with Crippen LogP contribution in [0.2, 0.25) is 0 Å². The van der Waals surface area contributed by atoms with E-state index in [0.29, 0.717) is 32.6 Å². The monoisotopic (exact) mass is 265 g/mol. The van der Waals surface area contributed by atoms with E-state index in [0.717, 1.165) is 12.0 Å². The van der Waals surface area contributed by atoms with Crippen LogP contribution >= 0.6 is 0 Å². The summed E-state index contributed by atoms with van der Waals surface area (Å²) in [6.07, 6.45) is 4.51. The number of aromatic nitrogens is 1. The molecule has 1 aromatic heterocycles. The molecule has 2 amide bonds. The van der Waals surface area contributed by atoms with Crippen LogP contribution in [-0.2, 0) is 16.0 Å². The second-order valence-corrected chi connectivity index (χ2v) is 4.59. The van der Waals surface area contributed by atoms with Crippen molar-refractivity contribution in [2.24, 2.45) is 0 Å². The predicted molar refractivity (Wildman–Crippen MR) is 69.7 cm³/mol. The van der Waals surface area contributed by atoms with Crippen molar-refractivity contribution in [2.75, 3.05) is 33.3 Å². The van der Waals surface area contributed by atoms with Gasteiger partial charge in [-0.25, -0.2) is 4.79 Å². The topological polar surface area (TPSA) is 65.6 Å². The molecule has 1 N–H and O–H groups in total. The highest BCUT2D eigenvalue weighted by atomic mass is 16.5. The van der Waals surface area contributed by atoms with Crippen molar-refractivity contribution in [1.29, 1.82) is 0 Å². The first-order valence-corrected chi connectivity index (χ1v) is 6.43. The summed E-state index contributed by atoms with van der Waals surface area (Å²) in [6.45, 7) is 2.43. The summed E-state index contributed by atoms with van der Waals surface area (Å²) in [5.74, 6) is 0.103. The number of ether oxygens (including phenoxy) is 1. The van der Waals surface area contributed by atoms with Gasteiger partial charge in [0.05, 0.1) is 13.5 Å². The maximum Gasteiger partial charge on any atom is 0.409 e. The Labute approximate surface area is 112 Å². The van der Waals surface area contributed by atoms with E-state index in [9.17, 15) is 9.59 Å². The molecule has 104 valence electrons. The Kier molecular flexibility index (Phi) is 4.43. The van der Waals surface area contributed by atoms with Gasteiger partial charge in [0.1, 0.15) is 0 Å². The fraction of sp³-hybridized carbons (Fsp3) is 0.538. The predicted octanol–water partition coefficient (Wildman–Crippen LogP) is 0.858. The van der Waals surface area contributed by atoms with Gasteiger partial charge in [-0.15, -0.1) is 0 Å². The van der Waals surface area contributed by atoms with Gasteiger partial charge >= 0.3 is 6.09 Å². The summed E-state index contributed by atoms with van der Waals surface area (Å²) < 4.78 is 4.71. The van der Waals surface area contributed by atoms with Crippen molar-refractivity contribution < 1.29 is 14.3 Å². The van der Waals surface area contributed by atoms with E-state index in [1.54, 1.807) is 4.90 Å². The van der Waals surface area contributed by atoms with Crippen LogP contribution in [0.15, 0.2) is 18.5 Å². The zero-order chi connectivity index (χ0) is 13.7. The maximum absolute atomic E-state index is 12.1. The second-order valence-electron chi connectivity index (χ2n) is 4.59. The number of hydrogen-bond donors (Lipinski definition) is 1. The summed E-state index contributed by atoms with van der Waals surface area (Å²) in [4.78, 5) is 30.0. The number of rotatable bonds is 2. The Balaban J connectivity index is 1.88. The SMILES string of the molecule is COC(=O)N1CCCN(C(=O)Cc2cc[nH]c2)CC1. The number of aromatic amines is 1. The van der Waals surface area contributed by atoms with E-state index in [1.165, 1.54) is 7.11 Å². The molecule has 1 aromatic rings. The third-order valence-corrected chi connectivity index (χ3v) is 3.30. The van der Waals surface area contributed by atoms with Crippen LogP contribution in [0.3, 0.4) is 0 Å². The van der Waals surface area contributed by atoms with Crippen molar-refractivity contribution in [3.8, 4) is 0 Å². The molecule has 0 unspecified atom stereocenters. The average Bonchev–Trinajstić information content (AvgIpc) is 2.79. The number of amides is 2. The molecule has 0 bridgehead atoms. The fourth-order valence-corrected chi connectivity index (χ4v) is 2.23. The average molecular weight is 265 g/mol. The third kappa shape index (κ3) is 3.49. The van der Waals surface area contributed by atoms with Crippen LogP contribution in [0.1, 0.15) is 12.0 Å². The second kappa shape index (κ2) is 6.26. The molecule has 19 heavy (non-hydrogen) atoms. The Morgan fingerprint density at radius 2 is 2.00 bits per heavy atom. The summed E-state index contributed by atoms with van der Waals surface area (Å²) in [5.41, 5.74) is 0.985. The Hall–Kier alpha value is -1.98. The van der Waals surface area contributed by atoms with Crippen molar-refractivity contribution in [2.45, 2.75) is 12.8 Å². The Morgan fingerprint density at radius 1 is 1.26 bits per heavy atom. The Morgan fingerprint density at radius 3 is 2.68 bits per heavy atom. The van der Waals surface area contributed by atoms with Gasteiger partial charge in [-0.3, -0.25) is 4.79 Å². The lowest BCUT2D eigenvalue weighted by Crippen LogP contribution is -2.37. The van der Waals surface area contributed by atoms with E-state index < -0.39 is 0 Å². The van der Waals surface area contributed by atoms with Crippen molar-refractivity contribution in [3.05, 3.63) is 24.0 Å². The lowest BCUT2D eigenvalue weighted by molar-refractivity contribution is -0.130. The van der Waals surface area contributed by atoms with E-state index in [2.05, 4.69) is 4.98 Å². The maximum atomic E-state index is 12.1. The number of H-pyrrole nitrogens is 1. The zero-order valence-electron chi connectivity index (χ0n) is 11.1. The van der Waals surface area contributed by atoms with Crippen molar-refractivity contribution >= 4 is 12.0 Å². The van der Waals surface area contributed by atoms with Gasteiger partial charge < -0.3 is 19.5 Å². The summed E-state index contributed by atoms with van der Waals surface area (Å²) in [6, 6.07) is 1.90. The van der Waals surface area contributed by atoms with Crippen LogP contribution < -0.4 is 0 Å². The van der Waals surface area contributed by atoms with E-state index in [1.807, 2.05) is 23.4 Å². The summed E-state index contributed by atoms with van der Waals surface area (Å²) in [5, 5.41) is 0. The first-order valence-electron chi connectivity index (χ1n) is 6.43. The minimum atomic E-state index is -0.320. The minimum absolute atomic E-state index is 0.103. The lowest BCUT2D eigenvalue weighted by atomic mass is 10.2. The largest absolute Gasteiger partial charge is 0.453 e. The number of carbonyl (C=O) groups excluding carboxylic acids is 2. The van der Waals surface area contributed by atoms with E-state index in [-0.39, 0.29) is 12.0 Å². The van der Waals surface area contributed by atoms with Crippen LogP contribution in [0.4, 0.5) is 4.79 Å². The smallest absolute Gasteiger partial charge is 0.409 e. The molecule has 6 heteroatoms. The first-order chi connectivity index (χ1) is 9.20. The van der Waals surface area contributed by atoms with Gasteiger partial charge in [-0.2, -0.15) is 0 Å². The molecular weight excluding hydrogens is 246 g/mol. The van der Waals surface area contributed by atoms with Crippen LogP contribution in [0.5, 0.6) is 0 Å². The molecule has 1 fully saturated rings. The van der Waals surface area contributed by atoms with Crippen molar-refractivity contribution in [3.63, 3.8) is 0 Å². The normalized spacial score (nSPS) is 16.1. The van der Waals surface area contributed by atoms with Gasteiger partial charge in [0.25, 0.3) is 0 Å². The van der Waals surface area contributed by atoms with E-state index >= 15 is 0 Å². The van der Waals surface area contributed by atoms with Gasteiger partial charge in [0.15, 0.2) is 0 Å². The first kappa shape index (κ1) is 13.5. The number of hydrogen-bond acceptors (Lipinski definition) is 3. The number of methoxy groups -OCH3 is 1. The van der Waals surface area contributed by atoms with Gasteiger partial charge in [0, 0.05) is 38.6 Å². The molecule has 2 rings (SSSR count). The minimum Gasteiger partial charge on any atom is -0.453 e. The van der Waals surface area contributed by atoms with Crippen LogP contribution in [0, 0.1) is 0 Å². The highest BCUT2D eigenvalue weighted by Gasteiger charge is 2.22. The Bertz CT molecular complexity index is 430. The number of nitrogens with one attached hydrogen (secondary N) is 1. The molecule has 0 atom stereocenters. The van der Waals surface area contributed by atoms with Crippen LogP contribution in [0.25, 0.3) is 0 Å². The molecule has 0 spiro atoms. The zero-order valence-corrected chi connectivity index (χ0v) is 11.1. The molecule has 2 heterocycles. The standard InChI is InChI=1S/C13H19N3O3/c1-19-13(18)16-6-2-5-15(7-8-16)12(17)9-11-3-4-14-10-11/h3-4,10,14H,2,5-9H2,1H3. The molecule has 0 radical (unpaired) electrons. The number of carbonyl (C=O) groups is 2. The highest BCUT2D eigenvalue weighted by molar-refractivity contribution is 5.78. The molecule has 6 nitrogen and oxygen atoms in total. The molecule has 0 aliphatic carbocycles. The van der Waals surface area contributed by atoms with E-state index in [4.69, 9.17) is 4.74 Å². The molecule has 0 saturated carbocycles. The highest BCUT2D eigenvalue weighted by Crippen LogP contribution is 2.08. The molecular formula is C13H19N3O3. The van der Waals surface area contributed by atoms with Gasteiger partial charge in [-0.05, 0) is 18.1 Å². The van der Waals surface area contributed by atoms with Crippen molar-refractivity contribution in [1.82, 2.24) is 14.8 Å². The quantitative estimate of drug-likeness (QED) is 0.862. The molecule has 0 aromatic carbocycles. The van der Waals surface area contributed by atoms with Crippen LogP contribution in [-0.4, -0.2) is 60.1 Å². The fourth-order valence-electron chi connectivity index (χ4n) is 2.23. The molecule has 1 saturated heterocycles. The lowest BCUT2D eigenvalue weighted by Gasteiger charge is -2.21. The summed E-state index contributed by atoms with van der Waals surface area (Å²) >= 11 is 0. The summed E-state index contributed by atoms with van der Waals surface area (Å²) in [7, 11) is 1.38. The van der Waals surface area contributed by atoms with Gasteiger partial charge in [-0.1, -0.05) is 0 Å². The molecule has 1 aliphatic rings. The number of nitrogens with zero attached hydrogens (tertiary/aromatic N) is 2.